The van der Waals surface area contributed by atoms with Crippen LogP contribution in [0.5, 0.6) is 5.75 Å². The predicted molar refractivity (Wildman–Crippen MR) is 112 cm³/mol. The quantitative estimate of drug-likeness (QED) is 0.671. The molecule has 4 saturated carbocycles. The summed E-state index contributed by atoms with van der Waals surface area (Å²) in [4.78, 5) is 4.44. The Hall–Kier alpha value is -2.09. The highest BCUT2D eigenvalue weighted by molar-refractivity contribution is 5.87. The van der Waals surface area contributed by atoms with Gasteiger partial charge in [0.25, 0.3) is 0 Å². The van der Waals surface area contributed by atoms with Crippen molar-refractivity contribution in [1.82, 2.24) is 0 Å². The van der Waals surface area contributed by atoms with Gasteiger partial charge in [0.1, 0.15) is 5.75 Å². The molecule has 0 aliphatic heterocycles. The van der Waals surface area contributed by atoms with Crippen molar-refractivity contribution in [2.24, 2.45) is 22.7 Å². The average Bonchev–Trinajstić information content (AvgIpc) is 2.66. The van der Waals surface area contributed by atoms with Crippen molar-refractivity contribution < 1.29 is 5.11 Å². The fourth-order valence-corrected chi connectivity index (χ4v) is 6.59. The molecule has 0 atom stereocenters. The van der Waals surface area contributed by atoms with E-state index in [0.29, 0.717) is 5.75 Å². The van der Waals surface area contributed by atoms with Crippen molar-refractivity contribution >= 4 is 6.21 Å². The number of hydrogen-bond donors (Lipinski definition) is 1. The van der Waals surface area contributed by atoms with E-state index in [4.69, 9.17) is 0 Å². The first-order valence-corrected chi connectivity index (χ1v) is 10.6. The molecule has 6 rings (SSSR count). The molecule has 0 amide bonds. The molecule has 4 aliphatic rings. The molecule has 2 heteroatoms. The molecule has 2 nitrogen and oxygen atoms in total. The lowest BCUT2D eigenvalue weighted by molar-refractivity contribution is -0.00611. The molecule has 4 fully saturated rings. The summed E-state index contributed by atoms with van der Waals surface area (Å²) in [5.74, 6) is 3.07. The Morgan fingerprint density at radius 1 is 0.963 bits per heavy atom. The lowest BCUT2D eigenvalue weighted by atomic mass is 9.48. The van der Waals surface area contributed by atoms with Crippen molar-refractivity contribution in [2.45, 2.75) is 50.9 Å². The number of aliphatic imine (C=N–C) groups is 1. The second kappa shape index (κ2) is 6.51. The zero-order valence-electron chi connectivity index (χ0n) is 16.2. The number of nitrogens with zero attached hydrogens (tertiary/aromatic N) is 1. The van der Waals surface area contributed by atoms with Crippen molar-refractivity contribution in [3.8, 4) is 16.9 Å². The van der Waals surface area contributed by atoms with E-state index in [1.165, 1.54) is 55.2 Å². The maximum atomic E-state index is 11.3. The highest BCUT2D eigenvalue weighted by Gasteiger charge is 2.52. The van der Waals surface area contributed by atoms with Crippen LogP contribution in [0, 0.1) is 17.8 Å². The van der Waals surface area contributed by atoms with E-state index in [-0.39, 0.29) is 5.41 Å². The summed E-state index contributed by atoms with van der Waals surface area (Å²) in [6.45, 7) is 2.77. The Kier molecular flexibility index (Phi) is 4.11. The van der Waals surface area contributed by atoms with Crippen LogP contribution in [0.3, 0.4) is 0 Å². The molecule has 0 unspecified atom stereocenters. The molecule has 1 N–H and O–H groups in total. The van der Waals surface area contributed by atoms with Crippen molar-refractivity contribution in [1.29, 1.82) is 0 Å². The number of rotatable bonds is 4. The minimum absolute atomic E-state index is 0.179. The Labute approximate surface area is 162 Å². The van der Waals surface area contributed by atoms with Gasteiger partial charge in [-0.1, -0.05) is 30.3 Å². The fraction of sp³-hybridized carbons (Fsp3) is 0.480. The second-order valence-corrected chi connectivity index (χ2v) is 9.15. The first-order chi connectivity index (χ1) is 13.2. The zero-order valence-corrected chi connectivity index (χ0v) is 16.2. The van der Waals surface area contributed by atoms with Gasteiger partial charge in [0.05, 0.1) is 0 Å². The molecule has 140 valence electrons. The zero-order chi connectivity index (χ0) is 18.4. The number of phenolic OH excluding ortho intramolecular Hbond substituents is 1. The van der Waals surface area contributed by atoms with Gasteiger partial charge < -0.3 is 5.11 Å². The van der Waals surface area contributed by atoms with Gasteiger partial charge in [-0.2, -0.15) is 0 Å². The van der Waals surface area contributed by atoms with Crippen LogP contribution < -0.4 is 0 Å². The normalized spacial score (nSPS) is 31.7. The Bertz CT molecular complexity index is 832. The summed E-state index contributed by atoms with van der Waals surface area (Å²) >= 11 is 0. The van der Waals surface area contributed by atoms with Crippen LogP contribution in [-0.4, -0.2) is 17.9 Å². The first-order valence-electron chi connectivity index (χ1n) is 10.6. The van der Waals surface area contributed by atoms with E-state index < -0.39 is 0 Å². The van der Waals surface area contributed by atoms with E-state index in [1.807, 2.05) is 13.1 Å². The third kappa shape index (κ3) is 2.90. The summed E-state index contributed by atoms with van der Waals surface area (Å²) in [6.07, 6.45) is 9.90. The van der Waals surface area contributed by atoms with Gasteiger partial charge in [0.15, 0.2) is 0 Å². The van der Waals surface area contributed by atoms with E-state index in [1.54, 1.807) is 0 Å². The Morgan fingerprint density at radius 2 is 1.59 bits per heavy atom. The second-order valence-electron chi connectivity index (χ2n) is 9.15. The Morgan fingerprint density at radius 3 is 2.19 bits per heavy atom. The smallest absolute Gasteiger partial charge is 0.128 e. The number of hydrogen-bond acceptors (Lipinski definition) is 2. The summed E-state index contributed by atoms with van der Waals surface area (Å²) in [5.41, 5.74) is 4.68. The van der Waals surface area contributed by atoms with Gasteiger partial charge in [-0.05, 0) is 91.9 Å². The van der Waals surface area contributed by atoms with Gasteiger partial charge in [-0.25, -0.2) is 0 Å². The third-order valence-electron chi connectivity index (χ3n) is 7.27. The molecule has 27 heavy (non-hydrogen) atoms. The molecule has 2 aromatic carbocycles. The van der Waals surface area contributed by atoms with E-state index in [9.17, 15) is 5.11 Å². The topological polar surface area (TPSA) is 32.6 Å². The number of benzene rings is 2. The van der Waals surface area contributed by atoms with Crippen LogP contribution >= 0.6 is 0 Å². The van der Waals surface area contributed by atoms with Crippen molar-refractivity contribution in [3.05, 3.63) is 53.6 Å². The fourth-order valence-electron chi connectivity index (χ4n) is 6.59. The molecule has 0 saturated heterocycles. The summed E-state index contributed by atoms with van der Waals surface area (Å²) < 4.78 is 0. The highest BCUT2D eigenvalue weighted by atomic mass is 16.3. The molecular formula is C25H29NO. The minimum atomic E-state index is 0.179. The molecule has 2 aromatic rings. The van der Waals surface area contributed by atoms with Crippen LogP contribution in [0.2, 0.25) is 0 Å². The van der Waals surface area contributed by atoms with Gasteiger partial charge in [-0.3, -0.25) is 4.99 Å². The third-order valence-corrected chi connectivity index (χ3v) is 7.27. The van der Waals surface area contributed by atoms with Gasteiger partial charge in [0, 0.05) is 23.9 Å². The lowest BCUT2D eigenvalue weighted by Crippen LogP contribution is -2.48. The van der Waals surface area contributed by atoms with Crippen molar-refractivity contribution in [3.63, 3.8) is 0 Å². The lowest BCUT2D eigenvalue weighted by Gasteiger charge is -2.57. The summed E-state index contributed by atoms with van der Waals surface area (Å²) in [7, 11) is 0. The van der Waals surface area contributed by atoms with Crippen LogP contribution in [0.1, 0.15) is 56.6 Å². The van der Waals surface area contributed by atoms with Crippen LogP contribution in [-0.2, 0) is 5.41 Å². The number of aromatic hydroxyl groups is 1. The molecule has 0 radical (unpaired) electrons. The highest BCUT2D eigenvalue weighted by Crippen LogP contribution is 2.62. The standard InChI is InChI=1S/C25H29NO/c1-2-26-16-22-11-21(20-6-4-3-5-7-20)12-23(24(22)27)25-13-17-8-18(14-25)10-19(9-17)15-25/h3-7,11-12,16-19,27H,2,8-10,13-15H2,1H3. The first kappa shape index (κ1) is 17.0. The maximum Gasteiger partial charge on any atom is 0.128 e. The summed E-state index contributed by atoms with van der Waals surface area (Å²) in [6, 6.07) is 15.0. The van der Waals surface area contributed by atoms with E-state index >= 15 is 0 Å². The molecule has 0 spiro atoms. The van der Waals surface area contributed by atoms with E-state index in [2.05, 4.69) is 47.5 Å². The number of phenols is 1. The predicted octanol–water partition coefficient (Wildman–Crippen LogP) is 5.97. The summed E-state index contributed by atoms with van der Waals surface area (Å²) in [5, 5.41) is 11.3. The van der Waals surface area contributed by atoms with Gasteiger partial charge in [-0.15, -0.1) is 0 Å². The maximum absolute atomic E-state index is 11.3. The molecule has 0 heterocycles. The molecular weight excluding hydrogens is 330 g/mol. The SMILES string of the molecule is CCN=Cc1cc(-c2ccccc2)cc(C23CC4CC(CC(C4)C2)C3)c1O. The largest absolute Gasteiger partial charge is 0.507 e. The van der Waals surface area contributed by atoms with E-state index in [0.717, 1.165) is 29.9 Å². The molecule has 0 aromatic heterocycles. The van der Waals surface area contributed by atoms with Crippen LogP contribution in [0.15, 0.2) is 47.5 Å². The van der Waals surface area contributed by atoms with Crippen LogP contribution in [0.4, 0.5) is 0 Å². The molecule has 4 aliphatic carbocycles. The van der Waals surface area contributed by atoms with Crippen molar-refractivity contribution in [2.75, 3.05) is 6.54 Å². The average molecular weight is 360 g/mol. The minimum Gasteiger partial charge on any atom is -0.507 e. The van der Waals surface area contributed by atoms with Crippen LogP contribution in [0.25, 0.3) is 11.1 Å². The Balaban J connectivity index is 1.66. The van der Waals surface area contributed by atoms with Gasteiger partial charge in [0.2, 0.25) is 0 Å². The van der Waals surface area contributed by atoms with Gasteiger partial charge >= 0.3 is 0 Å². The molecule has 4 bridgehead atoms. The monoisotopic (exact) mass is 359 g/mol.